The Morgan fingerprint density at radius 2 is 2.05 bits per heavy atom. The molecule has 120 valence electrons. The van der Waals surface area contributed by atoms with Crippen molar-refractivity contribution in [3.05, 3.63) is 24.1 Å². The molecule has 1 aliphatic heterocycles. The second-order valence-corrected chi connectivity index (χ2v) is 5.40. The predicted octanol–water partition coefficient (Wildman–Crippen LogP) is 2.86. The molecule has 0 spiro atoms. The summed E-state index contributed by atoms with van der Waals surface area (Å²) in [6.07, 6.45) is 3.26. The largest absolute Gasteiger partial charge is 0.493 e. The molecule has 6 heteroatoms. The molecule has 0 aliphatic carbocycles. The van der Waals surface area contributed by atoms with Crippen LogP contribution in [0.2, 0.25) is 0 Å². The summed E-state index contributed by atoms with van der Waals surface area (Å²) in [6.45, 7) is 2.06. The molecule has 1 N–H and O–H groups in total. The van der Waals surface area contributed by atoms with Crippen LogP contribution in [0.25, 0.3) is 11.4 Å². The van der Waals surface area contributed by atoms with Crippen LogP contribution in [0.5, 0.6) is 11.5 Å². The summed E-state index contributed by atoms with van der Waals surface area (Å²) in [5.41, 5.74) is 0.861. The standard InChI is InChI=1S/C16H21N3O3.H2/c1-20-13-6-5-12(10-14(13)21-2)15-18-16(22-19-15)11-4-3-8-17-9-7-11;/h5-6,10-11,17H,3-4,7-9H2,1-2H3;1H. The normalized spacial score (nSPS) is 18.7. The molecule has 22 heavy (non-hydrogen) atoms. The van der Waals surface area contributed by atoms with E-state index in [0.29, 0.717) is 23.2 Å². The summed E-state index contributed by atoms with van der Waals surface area (Å²) in [6, 6.07) is 5.62. The molecule has 1 fully saturated rings. The summed E-state index contributed by atoms with van der Waals surface area (Å²) in [5, 5.41) is 7.51. The van der Waals surface area contributed by atoms with Crippen molar-refractivity contribution in [1.29, 1.82) is 0 Å². The monoisotopic (exact) mass is 305 g/mol. The lowest BCUT2D eigenvalue weighted by Crippen LogP contribution is -2.13. The van der Waals surface area contributed by atoms with E-state index in [1.165, 1.54) is 0 Å². The van der Waals surface area contributed by atoms with Crippen molar-refractivity contribution >= 4 is 0 Å². The Labute approximate surface area is 131 Å². The zero-order chi connectivity index (χ0) is 15.4. The summed E-state index contributed by atoms with van der Waals surface area (Å²) in [4.78, 5) is 4.57. The van der Waals surface area contributed by atoms with Crippen molar-refractivity contribution < 1.29 is 15.4 Å². The predicted molar refractivity (Wildman–Crippen MR) is 84.4 cm³/mol. The van der Waals surface area contributed by atoms with Crippen LogP contribution in [-0.4, -0.2) is 37.4 Å². The number of rotatable bonds is 4. The van der Waals surface area contributed by atoms with Gasteiger partial charge in [-0.05, 0) is 50.6 Å². The van der Waals surface area contributed by atoms with E-state index in [1.807, 2.05) is 18.2 Å². The van der Waals surface area contributed by atoms with Gasteiger partial charge in [0.15, 0.2) is 11.5 Å². The van der Waals surface area contributed by atoms with Crippen LogP contribution in [0.15, 0.2) is 22.7 Å². The van der Waals surface area contributed by atoms with Gasteiger partial charge in [-0.25, -0.2) is 0 Å². The Morgan fingerprint density at radius 3 is 2.86 bits per heavy atom. The fourth-order valence-electron chi connectivity index (χ4n) is 2.76. The third-order valence-electron chi connectivity index (χ3n) is 4.01. The van der Waals surface area contributed by atoms with E-state index in [1.54, 1.807) is 14.2 Å². The van der Waals surface area contributed by atoms with Gasteiger partial charge in [0.05, 0.1) is 14.2 Å². The van der Waals surface area contributed by atoms with Crippen molar-refractivity contribution in [2.24, 2.45) is 0 Å². The molecule has 1 atom stereocenters. The van der Waals surface area contributed by atoms with E-state index in [2.05, 4.69) is 15.5 Å². The number of benzene rings is 1. The number of aromatic nitrogens is 2. The molecule has 0 radical (unpaired) electrons. The maximum absolute atomic E-state index is 5.48. The Kier molecular flexibility index (Phi) is 4.58. The van der Waals surface area contributed by atoms with Crippen LogP contribution in [0.3, 0.4) is 0 Å². The van der Waals surface area contributed by atoms with Crippen LogP contribution < -0.4 is 14.8 Å². The molecule has 2 heterocycles. The average molecular weight is 305 g/mol. The molecule has 0 amide bonds. The first-order valence-electron chi connectivity index (χ1n) is 7.58. The smallest absolute Gasteiger partial charge is 0.230 e. The van der Waals surface area contributed by atoms with Gasteiger partial charge >= 0.3 is 0 Å². The minimum absolute atomic E-state index is 0. The molecule has 1 aromatic carbocycles. The van der Waals surface area contributed by atoms with Crippen molar-refractivity contribution in [3.8, 4) is 22.9 Å². The quantitative estimate of drug-likeness (QED) is 0.936. The molecule has 1 saturated heterocycles. The fourth-order valence-corrected chi connectivity index (χ4v) is 2.76. The molecular formula is C16H23N3O3. The summed E-state index contributed by atoms with van der Waals surface area (Å²) in [7, 11) is 3.23. The number of hydrogen-bond acceptors (Lipinski definition) is 6. The van der Waals surface area contributed by atoms with Crippen molar-refractivity contribution in [2.45, 2.75) is 25.2 Å². The molecule has 1 aliphatic rings. The van der Waals surface area contributed by atoms with Gasteiger partial charge in [0.1, 0.15) is 0 Å². The number of methoxy groups -OCH3 is 2. The summed E-state index contributed by atoms with van der Waals surface area (Å²) in [5.74, 6) is 3.01. The molecular weight excluding hydrogens is 282 g/mol. The van der Waals surface area contributed by atoms with Crippen LogP contribution in [0.4, 0.5) is 0 Å². The van der Waals surface area contributed by atoms with Crippen LogP contribution >= 0.6 is 0 Å². The van der Waals surface area contributed by atoms with Gasteiger partial charge in [-0.1, -0.05) is 5.16 Å². The molecule has 1 unspecified atom stereocenters. The van der Waals surface area contributed by atoms with E-state index in [4.69, 9.17) is 14.0 Å². The minimum Gasteiger partial charge on any atom is -0.493 e. The SMILES string of the molecule is COc1ccc(-c2noc(C3CCCNCC3)n2)cc1OC.[HH]. The molecule has 1 aromatic heterocycles. The third-order valence-corrected chi connectivity index (χ3v) is 4.01. The zero-order valence-electron chi connectivity index (χ0n) is 13.0. The van der Waals surface area contributed by atoms with Gasteiger partial charge in [0, 0.05) is 12.9 Å². The number of nitrogens with zero attached hydrogens (tertiary/aromatic N) is 2. The fraction of sp³-hybridized carbons (Fsp3) is 0.500. The van der Waals surface area contributed by atoms with E-state index in [-0.39, 0.29) is 1.43 Å². The molecule has 0 bridgehead atoms. The third kappa shape index (κ3) is 3.06. The number of hydrogen-bond donors (Lipinski definition) is 1. The Hall–Kier alpha value is -2.08. The Morgan fingerprint density at radius 1 is 1.18 bits per heavy atom. The van der Waals surface area contributed by atoms with Crippen molar-refractivity contribution in [2.75, 3.05) is 27.3 Å². The minimum atomic E-state index is 0. The van der Waals surface area contributed by atoms with E-state index >= 15 is 0 Å². The van der Waals surface area contributed by atoms with E-state index in [0.717, 1.165) is 43.8 Å². The lowest BCUT2D eigenvalue weighted by atomic mass is 10.0. The van der Waals surface area contributed by atoms with Gasteiger partial charge in [0.25, 0.3) is 0 Å². The van der Waals surface area contributed by atoms with Crippen LogP contribution in [0, 0.1) is 0 Å². The summed E-state index contributed by atoms with van der Waals surface area (Å²) < 4.78 is 16.0. The molecule has 6 nitrogen and oxygen atoms in total. The highest BCUT2D eigenvalue weighted by Crippen LogP contribution is 2.32. The second kappa shape index (κ2) is 6.79. The highest BCUT2D eigenvalue weighted by atomic mass is 16.5. The highest BCUT2D eigenvalue weighted by molar-refractivity contribution is 5.60. The van der Waals surface area contributed by atoms with Gasteiger partial charge in [0.2, 0.25) is 11.7 Å². The first-order valence-corrected chi connectivity index (χ1v) is 7.58. The lowest BCUT2D eigenvalue weighted by molar-refractivity contribution is 0.343. The highest BCUT2D eigenvalue weighted by Gasteiger charge is 2.21. The molecule has 3 rings (SSSR count). The zero-order valence-corrected chi connectivity index (χ0v) is 13.0. The van der Waals surface area contributed by atoms with Gasteiger partial charge in [-0.15, -0.1) is 0 Å². The Bertz CT molecular complexity index is 625. The Balaban J connectivity index is 0.00000192. The first-order chi connectivity index (χ1) is 10.8. The van der Waals surface area contributed by atoms with E-state index in [9.17, 15) is 0 Å². The van der Waals surface area contributed by atoms with Crippen LogP contribution in [0.1, 0.15) is 32.5 Å². The van der Waals surface area contributed by atoms with Crippen molar-refractivity contribution in [1.82, 2.24) is 15.5 Å². The molecule has 2 aromatic rings. The topological polar surface area (TPSA) is 69.4 Å². The maximum atomic E-state index is 5.48. The van der Waals surface area contributed by atoms with Gasteiger partial charge in [-0.3, -0.25) is 0 Å². The number of nitrogens with one attached hydrogen (secondary N) is 1. The number of ether oxygens (including phenoxy) is 2. The van der Waals surface area contributed by atoms with Crippen molar-refractivity contribution in [3.63, 3.8) is 0 Å². The van der Waals surface area contributed by atoms with Gasteiger partial charge in [-0.2, -0.15) is 4.98 Å². The van der Waals surface area contributed by atoms with E-state index < -0.39 is 0 Å². The molecule has 0 saturated carbocycles. The summed E-state index contributed by atoms with van der Waals surface area (Å²) >= 11 is 0. The average Bonchev–Trinajstić information content (AvgIpc) is 2.90. The lowest BCUT2D eigenvalue weighted by Gasteiger charge is -2.08. The van der Waals surface area contributed by atoms with Gasteiger partial charge < -0.3 is 19.3 Å². The van der Waals surface area contributed by atoms with Crippen LogP contribution in [-0.2, 0) is 0 Å². The first kappa shape index (κ1) is 14.8. The second-order valence-electron chi connectivity index (χ2n) is 5.40. The maximum Gasteiger partial charge on any atom is 0.230 e.